The summed E-state index contributed by atoms with van der Waals surface area (Å²) in [6.45, 7) is 0.394. The van der Waals surface area contributed by atoms with Crippen LogP contribution >= 0.6 is 0 Å². The third-order valence-corrected chi connectivity index (χ3v) is 3.69. The van der Waals surface area contributed by atoms with Crippen molar-refractivity contribution in [2.24, 2.45) is 0 Å². The molecule has 0 spiro atoms. The van der Waals surface area contributed by atoms with E-state index in [0.29, 0.717) is 17.8 Å². The zero-order valence-corrected chi connectivity index (χ0v) is 14.3. The van der Waals surface area contributed by atoms with Crippen LogP contribution < -0.4 is 0 Å². The first-order valence-electron chi connectivity index (χ1n) is 8.13. The fourth-order valence-electron chi connectivity index (χ4n) is 2.40. The summed E-state index contributed by atoms with van der Waals surface area (Å²) in [4.78, 5) is 22.3. The lowest BCUT2D eigenvalue weighted by molar-refractivity contribution is -0.385. The van der Waals surface area contributed by atoms with Crippen molar-refractivity contribution in [1.82, 2.24) is 15.0 Å². The van der Waals surface area contributed by atoms with Crippen LogP contribution in [0.4, 0.5) is 5.69 Å². The van der Waals surface area contributed by atoms with Crippen LogP contribution in [0.5, 0.6) is 0 Å². The van der Waals surface area contributed by atoms with Crippen molar-refractivity contribution in [3.8, 4) is 0 Å². The van der Waals surface area contributed by atoms with Gasteiger partial charge in [-0.1, -0.05) is 47.7 Å². The molecular formula is C19H16N4O4. The van der Waals surface area contributed by atoms with Crippen LogP contribution in [0.3, 0.4) is 0 Å². The van der Waals surface area contributed by atoms with Crippen LogP contribution in [-0.4, -0.2) is 25.9 Å². The van der Waals surface area contributed by atoms with Gasteiger partial charge in [0.25, 0.3) is 5.69 Å². The number of carbonyl (C=O) groups is 1. The van der Waals surface area contributed by atoms with Gasteiger partial charge in [-0.2, -0.15) is 0 Å². The molecule has 0 bridgehead atoms. The van der Waals surface area contributed by atoms with E-state index < -0.39 is 10.9 Å². The van der Waals surface area contributed by atoms with Crippen LogP contribution in [0.1, 0.15) is 16.8 Å². The summed E-state index contributed by atoms with van der Waals surface area (Å²) >= 11 is 0. The molecule has 0 aliphatic rings. The Labute approximate surface area is 154 Å². The summed E-state index contributed by atoms with van der Waals surface area (Å²) < 4.78 is 6.72. The lowest BCUT2D eigenvalue weighted by atomic mass is 10.2. The van der Waals surface area contributed by atoms with Gasteiger partial charge in [0, 0.05) is 12.1 Å². The topological polar surface area (TPSA) is 100 Å². The number of nitrogens with zero attached hydrogens (tertiary/aromatic N) is 4. The molecule has 3 rings (SSSR count). The molecule has 0 amide bonds. The van der Waals surface area contributed by atoms with E-state index in [0.717, 1.165) is 5.56 Å². The molecule has 8 nitrogen and oxygen atoms in total. The maximum Gasteiger partial charge on any atom is 0.331 e. The Bertz CT molecular complexity index is 967. The third kappa shape index (κ3) is 5.08. The monoisotopic (exact) mass is 364 g/mol. The number of carbonyl (C=O) groups excluding carboxylic acids is 1. The van der Waals surface area contributed by atoms with Crippen LogP contribution in [-0.2, 0) is 22.7 Å². The number of ether oxygens (including phenoxy) is 1. The molecule has 0 N–H and O–H groups in total. The average molecular weight is 364 g/mol. The number of aromatic nitrogens is 3. The van der Waals surface area contributed by atoms with Gasteiger partial charge in [-0.05, 0) is 17.7 Å². The zero-order chi connectivity index (χ0) is 19.1. The largest absolute Gasteiger partial charge is 0.457 e. The van der Waals surface area contributed by atoms with Crippen molar-refractivity contribution < 1.29 is 14.5 Å². The summed E-state index contributed by atoms with van der Waals surface area (Å²) in [5.74, 6) is -0.620. The van der Waals surface area contributed by atoms with Gasteiger partial charge in [0.1, 0.15) is 12.3 Å². The standard InChI is InChI=1S/C19H16N4O4/c24-19(27-14-16-8-4-5-9-18(16)23(25)26)11-10-17-13-22(21-20-17)12-15-6-2-1-3-7-15/h1-11,13H,12,14H2/b11-10+. The fourth-order valence-corrected chi connectivity index (χ4v) is 2.40. The van der Waals surface area contributed by atoms with E-state index in [1.807, 2.05) is 30.3 Å². The molecule has 0 aliphatic carbocycles. The van der Waals surface area contributed by atoms with Gasteiger partial charge < -0.3 is 4.74 Å². The van der Waals surface area contributed by atoms with Crippen molar-refractivity contribution in [2.75, 3.05) is 0 Å². The highest BCUT2D eigenvalue weighted by atomic mass is 16.6. The van der Waals surface area contributed by atoms with E-state index in [9.17, 15) is 14.9 Å². The number of nitro groups is 1. The summed E-state index contributed by atoms with van der Waals surface area (Å²) in [6, 6.07) is 15.9. The maximum atomic E-state index is 11.8. The van der Waals surface area contributed by atoms with E-state index in [1.54, 1.807) is 29.1 Å². The van der Waals surface area contributed by atoms with Gasteiger partial charge in [0.2, 0.25) is 0 Å². The Morgan fingerprint density at radius 3 is 2.67 bits per heavy atom. The Morgan fingerprint density at radius 2 is 1.89 bits per heavy atom. The molecule has 0 atom stereocenters. The number of para-hydroxylation sites is 1. The summed E-state index contributed by atoms with van der Waals surface area (Å²) in [6.07, 6.45) is 4.40. The van der Waals surface area contributed by atoms with Crippen LogP contribution in [0.25, 0.3) is 6.08 Å². The highest BCUT2D eigenvalue weighted by Gasteiger charge is 2.13. The summed E-state index contributed by atoms with van der Waals surface area (Å²) in [5, 5.41) is 18.9. The number of esters is 1. The molecule has 0 saturated heterocycles. The minimum absolute atomic E-state index is 0.0851. The molecule has 2 aromatic carbocycles. The van der Waals surface area contributed by atoms with Gasteiger partial charge >= 0.3 is 5.97 Å². The molecule has 27 heavy (non-hydrogen) atoms. The van der Waals surface area contributed by atoms with Crippen molar-refractivity contribution >= 4 is 17.7 Å². The second-order valence-electron chi connectivity index (χ2n) is 5.65. The second kappa shape index (κ2) is 8.52. The third-order valence-electron chi connectivity index (χ3n) is 3.69. The zero-order valence-electron chi connectivity index (χ0n) is 14.3. The molecule has 1 heterocycles. The van der Waals surface area contributed by atoms with E-state index in [4.69, 9.17) is 4.74 Å². The van der Waals surface area contributed by atoms with Crippen LogP contribution in [0, 0.1) is 10.1 Å². The molecule has 1 aromatic heterocycles. The smallest absolute Gasteiger partial charge is 0.331 e. The second-order valence-corrected chi connectivity index (χ2v) is 5.65. The minimum atomic E-state index is -0.620. The van der Waals surface area contributed by atoms with Gasteiger partial charge in [-0.3, -0.25) is 10.1 Å². The van der Waals surface area contributed by atoms with E-state index in [2.05, 4.69) is 10.3 Å². The minimum Gasteiger partial charge on any atom is -0.457 e. The number of hydrogen-bond donors (Lipinski definition) is 0. The number of nitro benzene ring substituents is 1. The number of hydrogen-bond acceptors (Lipinski definition) is 6. The van der Waals surface area contributed by atoms with Gasteiger partial charge in [0.15, 0.2) is 0 Å². The van der Waals surface area contributed by atoms with Gasteiger partial charge in [-0.25, -0.2) is 9.48 Å². The average Bonchev–Trinajstić information content (AvgIpc) is 3.13. The molecule has 0 aliphatic heterocycles. The Morgan fingerprint density at radius 1 is 1.15 bits per heavy atom. The summed E-state index contributed by atoms with van der Waals surface area (Å²) in [7, 11) is 0. The van der Waals surface area contributed by atoms with Crippen molar-refractivity contribution in [3.05, 3.63) is 93.8 Å². The quantitative estimate of drug-likeness (QED) is 0.276. The summed E-state index contributed by atoms with van der Waals surface area (Å²) in [5.41, 5.74) is 1.84. The Kier molecular flexibility index (Phi) is 5.68. The molecule has 0 saturated carbocycles. The lowest BCUT2D eigenvalue weighted by Gasteiger charge is -2.03. The van der Waals surface area contributed by atoms with Crippen LogP contribution in [0.2, 0.25) is 0 Å². The highest BCUT2D eigenvalue weighted by Crippen LogP contribution is 2.18. The molecule has 136 valence electrons. The number of benzene rings is 2. The van der Waals surface area contributed by atoms with E-state index >= 15 is 0 Å². The van der Waals surface area contributed by atoms with Crippen LogP contribution in [0.15, 0.2) is 66.9 Å². The SMILES string of the molecule is O=C(/C=C/c1cn(Cc2ccccc2)nn1)OCc1ccccc1[N+](=O)[O-]. The molecule has 3 aromatic rings. The van der Waals surface area contributed by atoms with E-state index in [1.165, 1.54) is 18.2 Å². The van der Waals surface area contributed by atoms with Gasteiger partial charge in [-0.15, -0.1) is 5.10 Å². The first kappa shape index (κ1) is 18.0. The molecule has 0 radical (unpaired) electrons. The fraction of sp³-hybridized carbons (Fsp3) is 0.105. The predicted octanol–water partition coefficient (Wildman–Crippen LogP) is 2.99. The molecule has 0 fully saturated rings. The number of rotatable bonds is 7. The molecular weight excluding hydrogens is 348 g/mol. The van der Waals surface area contributed by atoms with Crippen molar-refractivity contribution in [3.63, 3.8) is 0 Å². The molecule has 0 unspecified atom stereocenters. The maximum absolute atomic E-state index is 11.8. The predicted molar refractivity (Wildman–Crippen MR) is 97.5 cm³/mol. The highest BCUT2D eigenvalue weighted by molar-refractivity contribution is 5.86. The van der Waals surface area contributed by atoms with E-state index in [-0.39, 0.29) is 12.3 Å². The van der Waals surface area contributed by atoms with Crippen molar-refractivity contribution in [1.29, 1.82) is 0 Å². The normalized spacial score (nSPS) is 10.8. The first-order chi connectivity index (χ1) is 13.1. The lowest BCUT2D eigenvalue weighted by Crippen LogP contribution is -2.03. The molecule has 8 heteroatoms. The van der Waals surface area contributed by atoms with Crippen molar-refractivity contribution in [2.45, 2.75) is 13.2 Å². The Hall–Kier alpha value is -3.81. The first-order valence-corrected chi connectivity index (χ1v) is 8.13. The van der Waals surface area contributed by atoms with Gasteiger partial charge in [0.05, 0.1) is 23.2 Å². The Balaban J connectivity index is 1.55.